The van der Waals surface area contributed by atoms with Crippen LogP contribution in [0, 0.1) is 11.8 Å². The summed E-state index contributed by atoms with van der Waals surface area (Å²) in [5.74, 6) is 1.35. The van der Waals surface area contributed by atoms with Crippen LogP contribution in [-0.4, -0.2) is 123 Å². The Morgan fingerprint density at radius 1 is 0.830 bits per heavy atom. The lowest BCUT2D eigenvalue weighted by Crippen LogP contribution is -2.60. The molecule has 53 heavy (non-hydrogen) atoms. The predicted octanol–water partition coefficient (Wildman–Crippen LogP) is 3.43. The molecule has 3 atom stereocenters. The number of ether oxygens (including phenoxy) is 3. The topological polar surface area (TPSA) is 177 Å². The molecule has 3 heterocycles. The van der Waals surface area contributed by atoms with Crippen LogP contribution in [0.2, 0.25) is 0 Å². The molecule has 0 radical (unpaired) electrons. The summed E-state index contributed by atoms with van der Waals surface area (Å²) < 4.78 is 18.1. The first-order valence-corrected chi connectivity index (χ1v) is 18.1. The summed E-state index contributed by atoms with van der Waals surface area (Å²) >= 11 is 0. The molecule has 1 aromatic heterocycles. The summed E-state index contributed by atoms with van der Waals surface area (Å²) in [6.45, 7) is 19.5. The van der Waals surface area contributed by atoms with Crippen molar-refractivity contribution in [2.75, 3.05) is 51.2 Å². The quantitative estimate of drug-likeness (QED) is 0.346. The number of fused-ring (bicyclic) bond motifs is 1. The van der Waals surface area contributed by atoms with Crippen molar-refractivity contribution in [1.82, 2.24) is 34.9 Å². The van der Waals surface area contributed by atoms with Gasteiger partial charge in [-0.2, -0.15) is 4.98 Å². The maximum atomic E-state index is 13.1. The van der Waals surface area contributed by atoms with Crippen LogP contribution in [-0.2, 0) is 14.3 Å². The second kappa shape index (κ2) is 15.2. The number of nitrogens with zero attached hydrogens (tertiary/aromatic N) is 5. The molecule has 2 aromatic rings. The lowest BCUT2D eigenvalue weighted by Gasteiger charge is -2.38. The Morgan fingerprint density at radius 2 is 1.40 bits per heavy atom. The van der Waals surface area contributed by atoms with E-state index in [-0.39, 0.29) is 56.1 Å². The van der Waals surface area contributed by atoms with Gasteiger partial charge in [0, 0.05) is 57.5 Å². The molecule has 0 spiro atoms. The minimum atomic E-state index is -1.20. The van der Waals surface area contributed by atoms with E-state index in [1.165, 1.54) is 9.47 Å². The van der Waals surface area contributed by atoms with Gasteiger partial charge < -0.3 is 34.6 Å². The third-order valence-electron chi connectivity index (χ3n) is 9.38. The van der Waals surface area contributed by atoms with Gasteiger partial charge in [-0.3, -0.25) is 19.6 Å². The summed E-state index contributed by atoms with van der Waals surface area (Å²) in [6.07, 6.45) is 0.499. The maximum absolute atomic E-state index is 13.1. The molecule has 3 N–H and O–H groups in total. The smallest absolute Gasteiger partial charge is 0.408 e. The Bertz CT molecular complexity index is 1710. The Kier molecular flexibility index (Phi) is 11.3. The van der Waals surface area contributed by atoms with Gasteiger partial charge in [-0.05, 0) is 104 Å². The van der Waals surface area contributed by atoms with Gasteiger partial charge in [0.15, 0.2) is 0 Å². The Morgan fingerprint density at radius 3 is 1.96 bits per heavy atom. The fourth-order valence-electron chi connectivity index (χ4n) is 6.58. The van der Waals surface area contributed by atoms with Crippen molar-refractivity contribution < 1.29 is 33.4 Å². The number of hydrogen-bond acceptors (Lipinski definition) is 10. The molecular formula is C37H54N8O8. The number of piperidine rings is 1. The van der Waals surface area contributed by atoms with E-state index in [0.717, 1.165) is 13.1 Å². The fourth-order valence-corrected chi connectivity index (χ4v) is 6.58. The molecule has 5 amide bonds. The van der Waals surface area contributed by atoms with Gasteiger partial charge >= 0.3 is 23.9 Å². The van der Waals surface area contributed by atoms with E-state index < -0.39 is 34.6 Å². The van der Waals surface area contributed by atoms with Crippen molar-refractivity contribution in [1.29, 1.82) is 0 Å². The second-order valence-electron chi connectivity index (χ2n) is 16.5. The lowest BCUT2D eigenvalue weighted by atomic mass is 10.0. The summed E-state index contributed by atoms with van der Waals surface area (Å²) in [4.78, 5) is 73.0. The van der Waals surface area contributed by atoms with Crippen LogP contribution >= 0.6 is 0 Å². The third-order valence-corrected chi connectivity index (χ3v) is 9.38. The number of hydrogen-bond donors (Lipinski definition) is 3. The number of amides is 5. The Balaban J connectivity index is 1.04. The standard InChI is InChI=1S/C37H54N8O8/c1-23(44-20-26-27(21-44)29(26)40-33(49)52-35(2,3)4)22-51-25-12-10-24(11-13-25)45-15-14-28(39-32(45)48)38-31(47)43-18-16-42(17-19-43)30(46)37(8,9)41-34(50)53-36(5,6)7/h10-15,23,26-27,29H,16-22H2,1-9H3,(H,40,49)(H,41,50)(H,38,39,47,48). The molecule has 290 valence electrons. The van der Waals surface area contributed by atoms with Gasteiger partial charge in [0.1, 0.15) is 34.9 Å². The minimum absolute atomic E-state index is 0.109. The number of carbonyl (C=O) groups excluding carboxylic acids is 4. The van der Waals surface area contributed by atoms with Crippen LogP contribution in [0.3, 0.4) is 0 Å². The number of carbonyl (C=O) groups is 4. The van der Waals surface area contributed by atoms with Crippen molar-refractivity contribution >= 4 is 29.9 Å². The van der Waals surface area contributed by atoms with Gasteiger partial charge in [-0.15, -0.1) is 0 Å². The number of likely N-dealkylation sites (tertiary alicyclic amines) is 1. The molecule has 3 fully saturated rings. The average Bonchev–Trinajstić information content (AvgIpc) is 3.46. The highest BCUT2D eigenvalue weighted by molar-refractivity contribution is 5.90. The maximum Gasteiger partial charge on any atom is 0.408 e. The van der Waals surface area contributed by atoms with E-state index in [2.05, 4.69) is 32.8 Å². The monoisotopic (exact) mass is 738 g/mol. The fraction of sp³-hybridized carbons (Fsp3) is 0.622. The molecule has 1 aliphatic carbocycles. The van der Waals surface area contributed by atoms with Crippen molar-refractivity contribution in [3.8, 4) is 11.4 Å². The molecule has 3 unspecified atom stereocenters. The number of rotatable bonds is 9. The molecule has 2 saturated heterocycles. The molecular weight excluding hydrogens is 684 g/mol. The number of piperazine rings is 1. The van der Waals surface area contributed by atoms with E-state index in [4.69, 9.17) is 14.2 Å². The van der Waals surface area contributed by atoms with Crippen molar-refractivity contribution in [3.63, 3.8) is 0 Å². The summed E-state index contributed by atoms with van der Waals surface area (Å²) in [7, 11) is 0. The highest BCUT2D eigenvalue weighted by atomic mass is 16.6. The molecule has 2 aliphatic heterocycles. The van der Waals surface area contributed by atoms with Crippen LogP contribution in [0.1, 0.15) is 62.3 Å². The first kappa shape index (κ1) is 39.3. The minimum Gasteiger partial charge on any atom is -0.492 e. The van der Waals surface area contributed by atoms with Crippen LogP contribution < -0.4 is 26.4 Å². The van der Waals surface area contributed by atoms with Crippen LogP contribution in [0.15, 0.2) is 41.3 Å². The highest BCUT2D eigenvalue weighted by Gasteiger charge is 2.57. The predicted molar refractivity (Wildman–Crippen MR) is 197 cm³/mol. The summed E-state index contributed by atoms with van der Waals surface area (Å²) in [5.41, 5.74) is -2.38. The average molecular weight is 739 g/mol. The van der Waals surface area contributed by atoms with E-state index in [1.54, 1.807) is 76.0 Å². The Hall–Kier alpha value is -4.86. The van der Waals surface area contributed by atoms with E-state index in [1.807, 2.05) is 20.8 Å². The SMILES string of the molecule is CC(COc1ccc(-n2ccc(NC(=O)N3CCN(C(=O)C(C)(C)NC(=O)OC(C)(C)C)CC3)nc2=O)cc1)N1CC2C(C1)C2NC(=O)OC(C)(C)C. The van der Waals surface area contributed by atoms with Gasteiger partial charge in [-0.25, -0.2) is 19.2 Å². The first-order chi connectivity index (χ1) is 24.7. The third kappa shape index (κ3) is 10.4. The van der Waals surface area contributed by atoms with Crippen LogP contribution in [0.4, 0.5) is 20.2 Å². The highest BCUT2D eigenvalue weighted by Crippen LogP contribution is 2.46. The first-order valence-electron chi connectivity index (χ1n) is 18.1. The van der Waals surface area contributed by atoms with Crippen molar-refractivity contribution in [3.05, 3.63) is 47.0 Å². The van der Waals surface area contributed by atoms with Gasteiger partial charge in [-0.1, -0.05) is 0 Å². The number of nitrogens with one attached hydrogen (secondary N) is 3. The van der Waals surface area contributed by atoms with Gasteiger partial charge in [0.2, 0.25) is 5.91 Å². The summed E-state index contributed by atoms with van der Waals surface area (Å²) in [5, 5.41) is 8.30. The molecule has 1 saturated carbocycles. The molecule has 16 nitrogen and oxygen atoms in total. The van der Waals surface area contributed by atoms with Gasteiger partial charge in [0.05, 0.1) is 5.69 Å². The van der Waals surface area contributed by atoms with Crippen molar-refractivity contribution in [2.45, 2.75) is 91.1 Å². The molecule has 5 rings (SSSR count). The molecule has 1 aromatic carbocycles. The summed E-state index contributed by atoms with van der Waals surface area (Å²) in [6, 6.07) is 8.59. The largest absolute Gasteiger partial charge is 0.492 e. The molecule has 0 bridgehead atoms. The number of anilines is 1. The lowest BCUT2D eigenvalue weighted by molar-refractivity contribution is -0.138. The zero-order chi connectivity index (χ0) is 38.9. The number of urea groups is 1. The van der Waals surface area contributed by atoms with E-state index >= 15 is 0 Å². The van der Waals surface area contributed by atoms with E-state index in [0.29, 0.717) is 29.9 Å². The Labute approximate surface area is 310 Å². The number of benzene rings is 1. The second-order valence-corrected chi connectivity index (χ2v) is 16.5. The molecule has 3 aliphatic rings. The van der Waals surface area contributed by atoms with Crippen LogP contribution in [0.25, 0.3) is 5.69 Å². The zero-order valence-corrected chi connectivity index (χ0v) is 32.2. The normalized spacial score (nSPS) is 20.9. The van der Waals surface area contributed by atoms with Crippen molar-refractivity contribution in [2.24, 2.45) is 11.8 Å². The zero-order valence-electron chi connectivity index (χ0n) is 32.2. The number of aromatic nitrogens is 2. The van der Waals surface area contributed by atoms with Gasteiger partial charge in [0.25, 0.3) is 0 Å². The van der Waals surface area contributed by atoms with Crippen LogP contribution in [0.5, 0.6) is 5.75 Å². The number of alkyl carbamates (subject to hydrolysis) is 2. The van der Waals surface area contributed by atoms with E-state index in [9.17, 15) is 24.0 Å². The molecule has 16 heteroatoms.